The second-order valence-electron chi connectivity index (χ2n) is 4.60. The van der Waals surface area contributed by atoms with Crippen molar-refractivity contribution in [2.24, 2.45) is 0 Å². The lowest BCUT2D eigenvalue weighted by molar-refractivity contribution is 0.109. The number of H-pyrrole nitrogens is 1. The van der Waals surface area contributed by atoms with Crippen LogP contribution in [0.2, 0.25) is 0 Å². The number of nitrogens with zero attached hydrogens (tertiary/aromatic N) is 2. The minimum Gasteiger partial charge on any atom is -0.379 e. The molecule has 2 saturated heterocycles. The fraction of sp³-hybridized carbons (Fsp3) is 0.500. The molecule has 2 aromatic heterocycles. The number of ether oxygens (including phenoxy) is 1. The molecule has 122 valence electrons. The average Bonchev–Trinajstić information content (AvgIpc) is 3.37. The molecule has 2 aliphatic heterocycles. The second-order valence-corrected chi connectivity index (χ2v) is 4.60. The summed E-state index contributed by atoms with van der Waals surface area (Å²) < 4.78 is 5.01. The first kappa shape index (κ1) is 18.3. The van der Waals surface area contributed by atoms with E-state index in [0.29, 0.717) is 0 Å². The van der Waals surface area contributed by atoms with Gasteiger partial charge < -0.3 is 20.4 Å². The number of hydrogen-bond donors (Lipinski definition) is 3. The molecule has 22 heavy (non-hydrogen) atoms. The van der Waals surface area contributed by atoms with Crippen LogP contribution in [0.5, 0.6) is 0 Å². The van der Waals surface area contributed by atoms with E-state index in [-0.39, 0.29) is 0 Å². The van der Waals surface area contributed by atoms with Gasteiger partial charge in [0, 0.05) is 37.9 Å². The van der Waals surface area contributed by atoms with Crippen molar-refractivity contribution >= 4 is 0 Å². The van der Waals surface area contributed by atoms with Crippen LogP contribution in [0.1, 0.15) is 12.8 Å². The van der Waals surface area contributed by atoms with E-state index in [1.54, 1.807) is 31.1 Å². The molecule has 3 N–H and O–H groups in total. The Hall–Kier alpha value is -1.76. The summed E-state index contributed by atoms with van der Waals surface area (Å²) in [4.78, 5) is 10.2. The van der Waals surface area contributed by atoms with Crippen LogP contribution in [-0.4, -0.2) is 54.3 Å². The average molecular weight is 305 g/mol. The Morgan fingerprint density at radius 3 is 1.59 bits per heavy atom. The quantitative estimate of drug-likeness (QED) is 0.687. The van der Waals surface area contributed by atoms with Gasteiger partial charge in [-0.3, -0.25) is 4.98 Å². The molecule has 4 rings (SSSR count). The van der Waals surface area contributed by atoms with Crippen LogP contribution in [0, 0.1) is 0 Å². The van der Waals surface area contributed by atoms with Crippen LogP contribution < -0.4 is 10.6 Å². The van der Waals surface area contributed by atoms with Crippen molar-refractivity contribution in [1.29, 1.82) is 0 Å². The summed E-state index contributed by atoms with van der Waals surface area (Å²) in [5.41, 5.74) is 0. The van der Waals surface area contributed by atoms with E-state index in [4.69, 9.17) is 4.74 Å². The third-order valence-electron chi connectivity index (χ3n) is 2.78. The first-order chi connectivity index (χ1) is 11.0. The van der Waals surface area contributed by atoms with Gasteiger partial charge in [0.15, 0.2) is 0 Å². The van der Waals surface area contributed by atoms with Crippen LogP contribution in [-0.2, 0) is 4.74 Å². The topological polar surface area (TPSA) is 74.9 Å². The van der Waals surface area contributed by atoms with E-state index in [2.05, 4.69) is 25.6 Å². The van der Waals surface area contributed by atoms with Crippen LogP contribution in [0.3, 0.4) is 0 Å². The molecule has 2 aliphatic rings. The van der Waals surface area contributed by atoms with Gasteiger partial charge in [0.1, 0.15) is 0 Å². The summed E-state index contributed by atoms with van der Waals surface area (Å²) in [6, 6.07) is 5.72. The van der Waals surface area contributed by atoms with Gasteiger partial charge in [-0.25, -0.2) is 4.98 Å². The number of nitrogens with one attached hydrogen (secondary N) is 3. The Kier molecular flexibility index (Phi) is 13.0. The number of aromatic nitrogens is 3. The standard InChI is InChI=1S/C5H5N.C4H9NO.C4H9N.C3H4N2/c1-2-4-6-5-3-1;1-3-6-4-2-5-1;1-2-4-5-3-1;1-2-5-3-4-1/h1-5H;5H,1-4H2;5H,1-4H2;1-3H,(H,4,5). The molecule has 0 saturated carbocycles. The number of imidazole rings is 1. The molecule has 2 fully saturated rings. The summed E-state index contributed by atoms with van der Waals surface area (Å²) in [5.74, 6) is 0. The van der Waals surface area contributed by atoms with Crippen molar-refractivity contribution < 1.29 is 4.74 Å². The van der Waals surface area contributed by atoms with Crippen molar-refractivity contribution in [2.45, 2.75) is 12.8 Å². The highest BCUT2D eigenvalue weighted by Gasteiger charge is 1.93. The van der Waals surface area contributed by atoms with Gasteiger partial charge in [-0.1, -0.05) is 6.07 Å². The van der Waals surface area contributed by atoms with Crippen LogP contribution in [0.25, 0.3) is 0 Å². The van der Waals surface area contributed by atoms with Gasteiger partial charge in [-0.15, -0.1) is 0 Å². The predicted octanol–water partition coefficient (Wildman–Crippen LogP) is 1.47. The predicted molar refractivity (Wildman–Crippen MR) is 88.6 cm³/mol. The number of aromatic amines is 1. The van der Waals surface area contributed by atoms with E-state index in [1.807, 2.05) is 18.2 Å². The molecule has 6 nitrogen and oxygen atoms in total. The zero-order valence-electron chi connectivity index (χ0n) is 13.1. The monoisotopic (exact) mass is 305 g/mol. The SMILES string of the molecule is C1CCNC1.C1COCCN1.c1c[nH]cn1.c1ccncc1. The molecule has 0 radical (unpaired) electrons. The van der Waals surface area contributed by atoms with Crippen LogP contribution >= 0.6 is 0 Å². The number of rotatable bonds is 0. The largest absolute Gasteiger partial charge is 0.379 e. The lowest BCUT2D eigenvalue weighted by Gasteiger charge is -2.10. The number of pyridine rings is 1. The molecule has 0 spiro atoms. The number of hydrogen-bond acceptors (Lipinski definition) is 5. The lowest BCUT2D eigenvalue weighted by Crippen LogP contribution is -2.30. The highest BCUT2D eigenvalue weighted by molar-refractivity contribution is 4.88. The molecule has 0 aliphatic carbocycles. The van der Waals surface area contributed by atoms with Gasteiger partial charge in [-0.05, 0) is 38.1 Å². The van der Waals surface area contributed by atoms with Gasteiger partial charge in [-0.2, -0.15) is 0 Å². The van der Waals surface area contributed by atoms with Gasteiger partial charge in [0.25, 0.3) is 0 Å². The maximum atomic E-state index is 5.01. The van der Waals surface area contributed by atoms with Crippen molar-refractivity contribution in [3.63, 3.8) is 0 Å². The molecular weight excluding hydrogens is 278 g/mol. The van der Waals surface area contributed by atoms with E-state index < -0.39 is 0 Å². The zero-order chi connectivity index (χ0) is 15.6. The normalized spacial score (nSPS) is 16.0. The number of morpholine rings is 1. The van der Waals surface area contributed by atoms with Gasteiger partial charge >= 0.3 is 0 Å². The third-order valence-corrected chi connectivity index (χ3v) is 2.78. The lowest BCUT2D eigenvalue weighted by atomic mass is 10.4. The minimum absolute atomic E-state index is 0.889. The molecule has 0 aromatic carbocycles. The molecule has 2 aromatic rings. The summed E-state index contributed by atoms with van der Waals surface area (Å²) >= 11 is 0. The van der Waals surface area contributed by atoms with E-state index >= 15 is 0 Å². The van der Waals surface area contributed by atoms with Gasteiger partial charge in [0.05, 0.1) is 19.5 Å². The maximum absolute atomic E-state index is 5.01. The Labute approximate surface area is 132 Å². The summed E-state index contributed by atoms with van der Waals surface area (Å²) in [5, 5.41) is 6.38. The highest BCUT2D eigenvalue weighted by Crippen LogP contribution is 1.90. The zero-order valence-corrected chi connectivity index (χ0v) is 13.1. The van der Waals surface area contributed by atoms with E-state index in [9.17, 15) is 0 Å². The van der Waals surface area contributed by atoms with E-state index in [1.165, 1.54) is 25.9 Å². The molecule has 0 amide bonds. The summed E-state index contributed by atoms with van der Waals surface area (Å²) in [7, 11) is 0. The fourth-order valence-corrected chi connectivity index (χ4v) is 1.67. The minimum atomic E-state index is 0.889. The Balaban J connectivity index is 0.000000147. The Morgan fingerprint density at radius 1 is 0.727 bits per heavy atom. The van der Waals surface area contributed by atoms with E-state index in [0.717, 1.165) is 26.3 Å². The summed E-state index contributed by atoms with van der Waals surface area (Å²) in [6.07, 6.45) is 11.4. The molecular formula is C16H27N5O. The van der Waals surface area contributed by atoms with Crippen LogP contribution in [0.15, 0.2) is 49.3 Å². The molecule has 6 heteroatoms. The fourth-order valence-electron chi connectivity index (χ4n) is 1.67. The first-order valence-corrected chi connectivity index (χ1v) is 7.77. The second kappa shape index (κ2) is 15.6. The van der Waals surface area contributed by atoms with Crippen molar-refractivity contribution in [3.05, 3.63) is 49.3 Å². The van der Waals surface area contributed by atoms with Gasteiger partial charge in [0.2, 0.25) is 0 Å². The molecule has 0 unspecified atom stereocenters. The van der Waals surface area contributed by atoms with Crippen LogP contribution in [0.4, 0.5) is 0 Å². The molecule has 0 atom stereocenters. The molecule has 0 bridgehead atoms. The smallest absolute Gasteiger partial charge is 0.0919 e. The van der Waals surface area contributed by atoms with Crippen molar-refractivity contribution in [1.82, 2.24) is 25.6 Å². The molecule has 4 heterocycles. The van der Waals surface area contributed by atoms with Crippen molar-refractivity contribution in [2.75, 3.05) is 39.4 Å². The highest BCUT2D eigenvalue weighted by atomic mass is 16.5. The third kappa shape index (κ3) is 13.2. The van der Waals surface area contributed by atoms with Crippen molar-refractivity contribution in [3.8, 4) is 0 Å². The summed E-state index contributed by atoms with van der Waals surface area (Å²) in [6.45, 7) is 6.33. The first-order valence-electron chi connectivity index (χ1n) is 7.77. The maximum Gasteiger partial charge on any atom is 0.0919 e. The Morgan fingerprint density at radius 2 is 1.41 bits per heavy atom. The Bertz CT molecular complexity index is 325.